The molecule has 2 aliphatic rings. The number of carbonyl (C=O) groups is 3. The van der Waals surface area contributed by atoms with Crippen molar-refractivity contribution in [3.63, 3.8) is 0 Å². The third-order valence-corrected chi connectivity index (χ3v) is 7.81. The van der Waals surface area contributed by atoms with Crippen molar-refractivity contribution < 1.29 is 18.8 Å². The zero-order chi connectivity index (χ0) is 31.0. The van der Waals surface area contributed by atoms with Crippen molar-refractivity contribution in [3.8, 4) is 6.07 Å². The Morgan fingerprint density at radius 3 is 2.37 bits per heavy atom. The molecule has 0 bridgehead atoms. The molecule has 4 amide bonds. The van der Waals surface area contributed by atoms with Gasteiger partial charge in [0.05, 0.1) is 23.0 Å². The van der Waals surface area contributed by atoms with E-state index in [0.29, 0.717) is 29.1 Å². The maximum Gasteiger partial charge on any atom is 0.331 e. The molecule has 3 aromatic rings. The van der Waals surface area contributed by atoms with Crippen LogP contribution in [0.1, 0.15) is 45.2 Å². The lowest BCUT2D eigenvalue weighted by molar-refractivity contribution is -0.139. The molecular formula is C30H32FN7O5. The quantitative estimate of drug-likeness (QED) is 0.452. The first kappa shape index (κ1) is 29.5. The summed E-state index contributed by atoms with van der Waals surface area (Å²) in [7, 11) is 0. The average molecular weight is 590 g/mol. The Kier molecular flexibility index (Phi) is 8.04. The average Bonchev–Trinajstić information content (AvgIpc) is 3.79. The van der Waals surface area contributed by atoms with Crippen LogP contribution in [0.25, 0.3) is 10.9 Å². The highest BCUT2D eigenvalue weighted by Gasteiger charge is 2.36. The summed E-state index contributed by atoms with van der Waals surface area (Å²) in [4.78, 5) is 68.0. The number of hydrogen-bond acceptors (Lipinski definition) is 6. The lowest BCUT2D eigenvalue weighted by atomic mass is 10.1. The van der Waals surface area contributed by atoms with Crippen LogP contribution >= 0.6 is 0 Å². The number of aromatic nitrogens is 2. The summed E-state index contributed by atoms with van der Waals surface area (Å²) in [5.41, 5.74) is -0.0222. The number of nitriles is 1. The predicted octanol–water partition coefficient (Wildman–Crippen LogP) is 2.87. The SMILES string of the molecule is CC(=O)N1CCN(C(=O)Nc2ccc3c(c2)c(=O)n(CC2CC2)c(=O)n3C(C)C)CC1C(=O)Nc1ccc(C#N)c(F)c1. The Labute approximate surface area is 246 Å². The van der Waals surface area contributed by atoms with Crippen molar-refractivity contribution in [2.75, 3.05) is 30.3 Å². The number of nitrogens with one attached hydrogen (secondary N) is 2. The van der Waals surface area contributed by atoms with E-state index in [1.807, 2.05) is 13.8 Å². The summed E-state index contributed by atoms with van der Waals surface area (Å²) in [5, 5.41) is 14.6. The fraction of sp³-hybridized carbons (Fsp3) is 0.400. The van der Waals surface area contributed by atoms with E-state index in [-0.39, 0.29) is 48.5 Å². The first-order valence-corrected chi connectivity index (χ1v) is 14.1. The molecule has 1 saturated heterocycles. The number of urea groups is 1. The normalized spacial score (nSPS) is 16.7. The molecule has 1 aromatic heterocycles. The van der Waals surface area contributed by atoms with Crippen LogP contribution in [0.5, 0.6) is 0 Å². The molecule has 1 atom stereocenters. The molecule has 5 rings (SSSR count). The number of carbonyl (C=O) groups excluding carboxylic acids is 3. The standard InChI is InChI=1S/C30H32FN7O5/c1-17(2)38-25-9-8-21(12-23(25)28(41)37(30(38)43)15-19-4-5-19)34-29(42)35-10-11-36(18(3)39)26(16-35)27(40)33-22-7-6-20(14-32)24(31)13-22/h6-9,12-13,17,19,26H,4-5,10-11,15-16H2,1-3H3,(H,33,40)(H,34,42). The minimum absolute atomic E-state index is 0.0901. The van der Waals surface area contributed by atoms with Crippen LogP contribution in [0.2, 0.25) is 0 Å². The number of amides is 4. The number of anilines is 2. The minimum Gasteiger partial charge on any atom is -0.327 e. The van der Waals surface area contributed by atoms with E-state index >= 15 is 0 Å². The molecule has 1 aliphatic heterocycles. The molecule has 1 unspecified atom stereocenters. The van der Waals surface area contributed by atoms with E-state index in [9.17, 15) is 28.4 Å². The fourth-order valence-electron chi connectivity index (χ4n) is 5.36. The van der Waals surface area contributed by atoms with Crippen molar-refractivity contribution in [3.05, 3.63) is 68.6 Å². The summed E-state index contributed by atoms with van der Waals surface area (Å²) in [5.74, 6) is -1.47. The number of fused-ring (bicyclic) bond motifs is 1. The van der Waals surface area contributed by atoms with Gasteiger partial charge in [-0.1, -0.05) is 0 Å². The minimum atomic E-state index is -1.05. The van der Waals surface area contributed by atoms with Gasteiger partial charge in [0.1, 0.15) is 17.9 Å². The van der Waals surface area contributed by atoms with E-state index in [0.717, 1.165) is 18.9 Å². The molecule has 0 spiro atoms. The maximum atomic E-state index is 14.1. The molecule has 2 fully saturated rings. The van der Waals surface area contributed by atoms with Gasteiger partial charge >= 0.3 is 11.7 Å². The van der Waals surface area contributed by atoms with Gasteiger partial charge in [-0.05, 0) is 69.0 Å². The number of nitrogens with zero attached hydrogens (tertiary/aromatic N) is 5. The van der Waals surface area contributed by atoms with Crippen molar-refractivity contribution >= 4 is 40.1 Å². The van der Waals surface area contributed by atoms with Gasteiger partial charge in [-0.2, -0.15) is 5.26 Å². The smallest absolute Gasteiger partial charge is 0.327 e. The summed E-state index contributed by atoms with van der Waals surface area (Å²) in [6.45, 7) is 5.52. The second-order valence-corrected chi connectivity index (χ2v) is 11.2. The molecule has 0 radical (unpaired) electrons. The number of rotatable bonds is 6. The molecule has 224 valence electrons. The van der Waals surface area contributed by atoms with Crippen LogP contribution in [-0.2, 0) is 16.1 Å². The highest BCUT2D eigenvalue weighted by Crippen LogP contribution is 2.30. The molecule has 2 heterocycles. The summed E-state index contributed by atoms with van der Waals surface area (Å²) in [6.07, 6.45) is 1.95. The lowest BCUT2D eigenvalue weighted by Crippen LogP contribution is -2.60. The van der Waals surface area contributed by atoms with Crippen LogP contribution in [0.4, 0.5) is 20.6 Å². The van der Waals surface area contributed by atoms with Crippen molar-refractivity contribution in [2.45, 2.75) is 52.2 Å². The molecule has 2 N–H and O–H groups in total. The second kappa shape index (κ2) is 11.7. The van der Waals surface area contributed by atoms with Crippen LogP contribution in [0.3, 0.4) is 0 Å². The van der Waals surface area contributed by atoms with Crippen LogP contribution in [-0.4, -0.2) is 62.5 Å². The zero-order valence-corrected chi connectivity index (χ0v) is 24.1. The number of hydrogen-bond donors (Lipinski definition) is 2. The maximum absolute atomic E-state index is 14.1. The largest absolute Gasteiger partial charge is 0.331 e. The Morgan fingerprint density at radius 1 is 1.05 bits per heavy atom. The molecule has 43 heavy (non-hydrogen) atoms. The highest BCUT2D eigenvalue weighted by molar-refractivity contribution is 5.98. The van der Waals surface area contributed by atoms with Crippen LogP contribution in [0.15, 0.2) is 46.0 Å². The lowest BCUT2D eigenvalue weighted by Gasteiger charge is -2.40. The number of halogens is 1. The molecular weight excluding hydrogens is 557 g/mol. The molecule has 13 heteroatoms. The molecule has 1 aliphatic carbocycles. The van der Waals surface area contributed by atoms with E-state index in [2.05, 4.69) is 10.6 Å². The highest BCUT2D eigenvalue weighted by atomic mass is 19.1. The van der Waals surface area contributed by atoms with Gasteiger partial charge in [-0.3, -0.25) is 23.5 Å². The monoisotopic (exact) mass is 589 g/mol. The van der Waals surface area contributed by atoms with Crippen LogP contribution < -0.4 is 21.9 Å². The number of benzene rings is 2. The topological polar surface area (TPSA) is 150 Å². The van der Waals surface area contributed by atoms with E-state index in [4.69, 9.17) is 5.26 Å². The Morgan fingerprint density at radius 2 is 1.74 bits per heavy atom. The fourth-order valence-corrected chi connectivity index (χ4v) is 5.36. The second-order valence-electron chi connectivity index (χ2n) is 11.2. The van der Waals surface area contributed by atoms with Gasteiger partial charge in [-0.25, -0.2) is 14.0 Å². The van der Waals surface area contributed by atoms with Crippen molar-refractivity contribution in [2.24, 2.45) is 5.92 Å². The zero-order valence-electron chi connectivity index (χ0n) is 24.1. The molecule has 12 nitrogen and oxygen atoms in total. The predicted molar refractivity (Wildman–Crippen MR) is 157 cm³/mol. The summed E-state index contributed by atoms with van der Waals surface area (Å²) >= 11 is 0. The van der Waals surface area contributed by atoms with E-state index in [1.165, 1.54) is 33.4 Å². The van der Waals surface area contributed by atoms with Crippen LogP contribution in [0, 0.1) is 23.1 Å². The van der Waals surface area contributed by atoms with Gasteiger partial charge < -0.3 is 20.4 Å². The van der Waals surface area contributed by atoms with Gasteiger partial charge in [-0.15, -0.1) is 0 Å². The van der Waals surface area contributed by atoms with Gasteiger partial charge in [0.15, 0.2) is 0 Å². The summed E-state index contributed by atoms with van der Waals surface area (Å²) in [6, 6.07) is 8.34. The Balaban J connectivity index is 1.37. The van der Waals surface area contributed by atoms with E-state index in [1.54, 1.807) is 28.8 Å². The van der Waals surface area contributed by atoms with E-state index < -0.39 is 29.4 Å². The third-order valence-electron chi connectivity index (χ3n) is 7.81. The molecule has 2 aromatic carbocycles. The Hall–Kier alpha value is -4.99. The first-order valence-electron chi connectivity index (χ1n) is 14.1. The van der Waals surface area contributed by atoms with Gasteiger partial charge in [0.2, 0.25) is 11.8 Å². The Bertz CT molecular complexity index is 1790. The number of piperazine rings is 1. The first-order chi connectivity index (χ1) is 20.5. The van der Waals surface area contributed by atoms with Gasteiger partial charge in [0.25, 0.3) is 5.56 Å². The summed E-state index contributed by atoms with van der Waals surface area (Å²) < 4.78 is 16.9. The van der Waals surface area contributed by atoms with Crippen molar-refractivity contribution in [1.29, 1.82) is 5.26 Å². The van der Waals surface area contributed by atoms with Crippen molar-refractivity contribution in [1.82, 2.24) is 18.9 Å². The third kappa shape index (κ3) is 5.99. The van der Waals surface area contributed by atoms with Gasteiger partial charge in [0, 0.05) is 44.0 Å². The molecule has 1 saturated carbocycles.